The molecule has 0 aromatic heterocycles. The number of para-hydroxylation sites is 2. The number of aryl methyl sites for hydroxylation is 1. The molecule has 0 saturated carbocycles. The number of nitriles is 2. The monoisotopic (exact) mass is 846 g/mol. The first kappa shape index (κ1) is 41.3. The van der Waals surface area contributed by atoms with Gasteiger partial charge in [0.1, 0.15) is 11.5 Å². The van der Waals surface area contributed by atoms with Crippen LogP contribution >= 0.6 is 14.9 Å². The number of hydrogen-bond donors (Lipinski definition) is 0. The van der Waals surface area contributed by atoms with E-state index >= 15 is 9.13 Å². The van der Waals surface area contributed by atoms with Crippen LogP contribution in [0.15, 0.2) is 158 Å². The molecule has 6 aromatic rings. The first-order valence-electron chi connectivity index (χ1n) is 20.4. The van der Waals surface area contributed by atoms with E-state index in [1.807, 2.05) is 179 Å². The third-order valence-electron chi connectivity index (χ3n) is 11.9. The van der Waals surface area contributed by atoms with Gasteiger partial charge in [-0.2, -0.15) is 10.5 Å². The van der Waals surface area contributed by atoms with E-state index in [9.17, 15) is 10.5 Å². The van der Waals surface area contributed by atoms with Crippen molar-refractivity contribution in [3.05, 3.63) is 180 Å². The average Bonchev–Trinajstić information content (AvgIpc) is 3.83. The zero-order valence-electron chi connectivity index (χ0n) is 34.5. The van der Waals surface area contributed by atoms with Gasteiger partial charge in [-0.15, -0.1) is 0 Å². The third-order valence-corrected chi connectivity index (χ3v) is 18.9. The molecule has 2 saturated heterocycles. The number of ether oxygens (including phenoxy) is 2. The van der Waals surface area contributed by atoms with E-state index in [1.54, 1.807) is 14.2 Å². The number of nitrogens with zero attached hydrogens (tertiary/aromatic N) is 6. The van der Waals surface area contributed by atoms with Crippen molar-refractivity contribution in [2.75, 3.05) is 52.5 Å². The number of benzene rings is 6. The minimum absolute atomic E-state index is 0.0128. The molecule has 4 atom stereocenters. The first-order chi connectivity index (χ1) is 29.7. The fourth-order valence-electron chi connectivity index (χ4n) is 8.84. The second-order valence-electron chi connectivity index (χ2n) is 15.3. The smallest absolute Gasteiger partial charge is 0.272 e. The molecule has 0 radical (unpaired) electrons. The molecule has 10 nitrogen and oxygen atoms in total. The molecule has 2 heterocycles. The number of methoxy groups -OCH3 is 2. The van der Waals surface area contributed by atoms with E-state index in [1.165, 1.54) is 0 Å². The molecule has 2 fully saturated rings. The summed E-state index contributed by atoms with van der Waals surface area (Å²) in [7, 11) is -4.02. The van der Waals surface area contributed by atoms with Gasteiger partial charge >= 0.3 is 0 Å². The molecule has 61 heavy (non-hydrogen) atoms. The van der Waals surface area contributed by atoms with Gasteiger partial charge in [-0.25, -0.2) is 0 Å². The second-order valence-corrected chi connectivity index (χ2v) is 20.8. The quantitative estimate of drug-likeness (QED) is 0.104. The van der Waals surface area contributed by atoms with Crippen LogP contribution in [0.5, 0.6) is 11.5 Å². The number of anilines is 4. The lowest BCUT2D eigenvalue weighted by Crippen LogP contribution is -2.25. The summed E-state index contributed by atoms with van der Waals surface area (Å²) in [6, 6.07) is 55.2. The van der Waals surface area contributed by atoms with Gasteiger partial charge in [-0.1, -0.05) is 90.5 Å². The van der Waals surface area contributed by atoms with Crippen LogP contribution in [0.4, 0.5) is 22.7 Å². The molecule has 2 aliphatic heterocycles. The van der Waals surface area contributed by atoms with Crippen LogP contribution in [-0.4, -0.2) is 33.9 Å². The molecule has 0 aliphatic carbocycles. The number of rotatable bonds is 13. The van der Waals surface area contributed by atoms with Crippen LogP contribution in [0, 0.1) is 29.6 Å². The molecule has 0 amide bonds. The second kappa shape index (κ2) is 17.6. The molecule has 308 valence electrons. The van der Waals surface area contributed by atoms with Crippen molar-refractivity contribution >= 4 is 37.6 Å². The predicted octanol–water partition coefficient (Wildman–Crippen LogP) is 12.1. The largest absolute Gasteiger partial charge is 0.497 e. The lowest BCUT2D eigenvalue weighted by atomic mass is 10.0. The maximum atomic E-state index is 16.5. The Morgan fingerprint density at radius 3 is 1.44 bits per heavy atom. The summed E-state index contributed by atoms with van der Waals surface area (Å²) in [5.74, 6) is 1.39. The van der Waals surface area contributed by atoms with Crippen molar-refractivity contribution in [1.29, 1.82) is 10.5 Å². The highest BCUT2D eigenvalue weighted by Crippen LogP contribution is 2.74. The summed E-state index contributed by atoms with van der Waals surface area (Å²) in [4.78, 5) is 0. The Hall–Kier alpha value is -6.44. The van der Waals surface area contributed by atoms with Gasteiger partial charge in [-0.05, 0) is 96.4 Å². The van der Waals surface area contributed by atoms with E-state index in [0.29, 0.717) is 31.1 Å². The van der Waals surface area contributed by atoms with E-state index in [-0.39, 0.29) is 12.8 Å². The minimum Gasteiger partial charge on any atom is -0.497 e. The fraction of sp³-hybridized carbons (Fsp3) is 0.224. The lowest BCUT2D eigenvalue weighted by Gasteiger charge is -2.39. The van der Waals surface area contributed by atoms with Crippen LogP contribution in [0.3, 0.4) is 0 Å². The van der Waals surface area contributed by atoms with Gasteiger partial charge in [-0.3, -0.25) is 13.8 Å². The highest BCUT2D eigenvalue weighted by molar-refractivity contribution is 7.68. The van der Waals surface area contributed by atoms with Gasteiger partial charge in [0, 0.05) is 35.8 Å². The van der Waals surface area contributed by atoms with Gasteiger partial charge in [0.25, 0.3) is 14.9 Å². The van der Waals surface area contributed by atoms with E-state index in [0.717, 1.165) is 45.0 Å². The van der Waals surface area contributed by atoms with Crippen molar-refractivity contribution in [1.82, 2.24) is 0 Å². The molecule has 0 spiro atoms. The minimum atomic E-state index is -3.66. The average molecular weight is 847 g/mol. The van der Waals surface area contributed by atoms with Crippen molar-refractivity contribution in [3.63, 3.8) is 0 Å². The summed E-state index contributed by atoms with van der Waals surface area (Å²) >= 11 is 0. The molecule has 12 heteroatoms. The summed E-state index contributed by atoms with van der Waals surface area (Å²) in [5.41, 5.74) is 5.45. The van der Waals surface area contributed by atoms with Crippen LogP contribution in [0.2, 0.25) is 0 Å². The highest BCUT2D eigenvalue weighted by atomic mass is 31.2. The molecule has 6 aromatic carbocycles. The molecule has 0 N–H and O–H groups in total. The third kappa shape index (κ3) is 7.64. The Morgan fingerprint density at radius 2 is 0.984 bits per heavy atom. The van der Waals surface area contributed by atoms with Gasteiger partial charge in [0.2, 0.25) is 0 Å². The predicted molar refractivity (Wildman–Crippen MR) is 245 cm³/mol. The van der Waals surface area contributed by atoms with Crippen LogP contribution < -0.4 is 28.2 Å². The Morgan fingerprint density at radius 1 is 0.557 bits per heavy atom. The van der Waals surface area contributed by atoms with Gasteiger partial charge < -0.3 is 23.5 Å². The number of hydrogen-bond acceptors (Lipinski definition) is 6. The standard InChI is InChI=1S/C49H48N6O4P2/c1-37-14-16-39(17-15-37)49(31-33-51)61(57)54(41-10-6-4-7-11-41)36-47(55(61)44-12-8-5-9-13-44)38-18-20-40(21-19-38)48(30-32-50)60(56)52(42-22-26-45(58-2)27-23-42)34-35-53(60)43-24-28-46(59-3)29-25-43/h4-29,47-49H,30-31,34-36H2,1-3H3. The van der Waals surface area contributed by atoms with Gasteiger partial charge in [0.05, 0.1) is 63.1 Å². The Kier molecular flexibility index (Phi) is 12.0. The maximum absolute atomic E-state index is 16.5. The molecule has 4 unspecified atom stereocenters. The summed E-state index contributed by atoms with van der Waals surface area (Å²) in [6.07, 6.45) is 0.0675. The maximum Gasteiger partial charge on any atom is 0.272 e. The van der Waals surface area contributed by atoms with E-state index < -0.39 is 32.2 Å². The molecule has 0 bridgehead atoms. The SMILES string of the molecule is COc1ccc(N2CCN(c3ccc(OC)cc3)P2(=O)C(CC#N)c2ccc(C3CN(c4ccccc4)P(=O)(C(CC#N)c4ccc(C)cc4)N3c3ccccc3)cc2)cc1. The highest BCUT2D eigenvalue weighted by Gasteiger charge is 2.55. The summed E-state index contributed by atoms with van der Waals surface area (Å²) in [6.45, 7) is 3.38. The Bertz CT molecular complexity index is 2560. The summed E-state index contributed by atoms with van der Waals surface area (Å²) in [5, 5.41) is 20.7. The van der Waals surface area contributed by atoms with E-state index in [4.69, 9.17) is 9.47 Å². The first-order valence-corrected chi connectivity index (χ1v) is 23.7. The Balaban J connectivity index is 1.24. The zero-order chi connectivity index (χ0) is 42.6. The molecular formula is C49H48N6O4P2. The summed E-state index contributed by atoms with van der Waals surface area (Å²) < 4.78 is 51.6. The van der Waals surface area contributed by atoms with Crippen LogP contribution in [0.1, 0.15) is 52.5 Å². The molecular weight excluding hydrogens is 799 g/mol. The van der Waals surface area contributed by atoms with Crippen LogP contribution in [-0.2, 0) is 9.13 Å². The fourth-order valence-corrected chi connectivity index (χ4v) is 16.0. The van der Waals surface area contributed by atoms with Crippen molar-refractivity contribution in [2.45, 2.75) is 37.1 Å². The molecule has 8 rings (SSSR count). The normalized spacial score (nSPS) is 19.2. The van der Waals surface area contributed by atoms with E-state index in [2.05, 4.69) is 16.8 Å². The van der Waals surface area contributed by atoms with Crippen molar-refractivity contribution in [3.8, 4) is 23.6 Å². The van der Waals surface area contributed by atoms with Crippen molar-refractivity contribution in [2.24, 2.45) is 0 Å². The van der Waals surface area contributed by atoms with Crippen LogP contribution in [0.25, 0.3) is 0 Å². The topological polar surface area (TPSA) is 113 Å². The zero-order valence-corrected chi connectivity index (χ0v) is 36.3. The Labute approximate surface area is 358 Å². The lowest BCUT2D eigenvalue weighted by molar-refractivity contribution is 0.414. The van der Waals surface area contributed by atoms with Crippen molar-refractivity contribution < 1.29 is 18.6 Å². The van der Waals surface area contributed by atoms with Gasteiger partial charge in [0.15, 0.2) is 0 Å². The molecule has 2 aliphatic rings.